The van der Waals surface area contributed by atoms with E-state index < -0.39 is 0 Å². The van der Waals surface area contributed by atoms with Gasteiger partial charge in [0, 0.05) is 44.6 Å². The Kier molecular flexibility index (Phi) is 5.08. The normalized spacial score (nSPS) is 14.2. The number of hydrogen-bond acceptors (Lipinski definition) is 5. The maximum absolute atomic E-state index is 13.0. The summed E-state index contributed by atoms with van der Waals surface area (Å²) in [5.74, 6) is 2.51. The molecule has 1 saturated heterocycles. The van der Waals surface area contributed by atoms with Crippen molar-refractivity contribution in [2.75, 3.05) is 31.1 Å². The minimum absolute atomic E-state index is 0.173. The number of nitrogens with zero attached hydrogens (tertiary/aromatic N) is 6. The second-order valence-electron chi connectivity index (χ2n) is 7.77. The van der Waals surface area contributed by atoms with Crippen molar-refractivity contribution < 1.29 is 4.79 Å². The lowest BCUT2D eigenvalue weighted by Gasteiger charge is -2.35. The van der Waals surface area contributed by atoms with E-state index in [0.717, 1.165) is 35.7 Å². The number of fused-ring (bicyclic) bond motifs is 1. The fraction of sp³-hybridized carbons (Fsp3) is 0.250. The van der Waals surface area contributed by atoms with Crippen LogP contribution in [-0.4, -0.2) is 56.7 Å². The first-order valence-corrected chi connectivity index (χ1v) is 10.5. The summed E-state index contributed by atoms with van der Waals surface area (Å²) in [6, 6.07) is 18.2. The molecule has 156 valence electrons. The SMILES string of the molecule is Cc1nc(N2CCN(C(=O)Cc3cccc4ccccc34)CC2)cc(-n2cccn2)n1. The molecule has 7 heteroatoms. The van der Waals surface area contributed by atoms with E-state index in [9.17, 15) is 4.79 Å². The van der Waals surface area contributed by atoms with Crippen LogP contribution in [0.15, 0.2) is 67.0 Å². The lowest BCUT2D eigenvalue weighted by Crippen LogP contribution is -2.49. The number of carbonyl (C=O) groups is 1. The van der Waals surface area contributed by atoms with Crippen molar-refractivity contribution in [3.63, 3.8) is 0 Å². The number of aryl methyl sites for hydroxylation is 1. The largest absolute Gasteiger partial charge is 0.353 e. The minimum Gasteiger partial charge on any atom is -0.353 e. The van der Waals surface area contributed by atoms with Crippen molar-refractivity contribution in [3.8, 4) is 5.82 Å². The Morgan fingerprint density at radius 3 is 2.52 bits per heavy atom. The second-order valence-corrected chi connectivity index (χ2v) is 7.77. The highest BCUT2D eigenvalue weighted by atomic mass is 16.2. The standard InChI is InChI=1S/C24H24N6O/c1-18-26-22(17-23(27-18)30-11-5-10-25-30)28-12-14-29(15-13-28)24(31)16-20-8-4-7-19-6-2-3-9-21(19)20/h2-11,17H,12-16H2,1H3. The molecule has 2 aromatic heterocycles. The summed E-state index contributed by atoms with van der Waals surface area (Å²) in [7, 11) is 0. The lowest BCUT2D eigenvalue weighted by atomic mass is 10.0. The van der Waals surface area contributed by atoms with Crippen LogP contribution in [0.4, 0.5) is 5.82 Å². The van der Waals surface area contributed by atoms with Crippen LogP contribution in [0.1, 0.15) is 11.4 Å². The maximum Gasteiger partial charge on any atom is 0.227 e. The Morgan fingerprint density at radius 2 is 1.71 bits per heavy atom. The number of benzene rings is 2. The van der Waals surface area contributed by atoms with Crippen LogP contribution in [0.2, 0.25) is 0 Å². The fourth-order valence-corrected chi connectivity index (χ4v) is 4.13. The second kappa shape index (κ2) is 8.18. The minimum atomic E-state index is 0.173. The van der Waals surface area contributed by atoms with E-state index in [1.54, 1.807) is 10.9 Å². The number of aromatic nitrogens is 4. The van der Waals surface area contributed by atoms with Gasteiger partial charge in [-0.05, 0) is 29.3 Å². The van der Waals surface area contributed by atoms with Gasteiger partial charge >= 0.3 is 0 Å². The number of amides is 1. The highest BCUT2D eigenvalue weighted by molar-refractivity contribution is 5.90. The molecule has 4 aromatic rings. The summed E-state index contributed by atoms with van der Waals surface area (Å²) in [5, 5.41) is 6.59. The van der Waals surface area contributed by atoms with Gasteiger partial charge in [-0.15, -0.1) is 0 Å². The van der Waals surface area contributed by atoms with Gasteiger partial charge < -0.3 is 9.80 Å². The van der Waals surface area contributed by atoms with Gasteiger partial charge in [0.2, 0.25) is 5.91 Å². The van der Waals surface area contributed by atoms with Gasteiger partial charge in [0.25, 0.3) is 0 Å². The monoisotopic (exact) mass is 412 g/mol. The summed E-state index contributed by atoms with van der Waals surface area (Å²) >= 11 is 0. The van der Waals surface area contributed by atoms with Crippen molar-refractivity contribution in [3.05, 3.63) is 78.4 Å². The number of piperazine rings is 1. The molecule has 5 rings (SSSR count). The highest BCUT2D eigenvalue weighted by Crippen LogP contribution is 2.21. The van der Waals surface area contributed by atoms with Crippen molar-refractivity contribution >= 4 is 22.5 Å². The van der Waals surface area contributed by atoms with Gasteiger partial charge in [0.1, 0.15) is 11.6 Å². The molecule has 0 atom stereocenters. The zero-order chi connectivity index (χ0) is 21.2. The van der Waals surface area contributed by atoms with E-state index >= 15 is 0 Å². The van der Waals surface area contributed by atoms with E-state index in [1.807, 2.05) is 48.4 Å². The van der Waals surface area contributed by atoms with E-state index in [-0.39, 0.29) is 5.91 Å². The molecule has 7 nitrogen and oxygen atoms in total. The molecule has 3 heterocycles. The Morgan fingerprint density at radius 1 is 0.935 bits per heavy atom. The van der Waals surface area contributed by atoms with Gasteiger partial charge in [0.05, 0.1) is 6.42 Å². The number of carbonyl (C=O) groups excluding carboxylic acids is 1. The Labute approximate surface area is 181 Å². The summed E-state index contributed by atoms with van der Waals surface area (Å²) in [5.41, 5.74) is 1.08. The van der Waals surface area contributed by atoms with Crippen molar-refractivity contribution in [1.82, 2.24) is 24.6 Å². The van der Waals surface area contributed by atoms with E-state index in [1.165, 1.54) is 5.39 Å². The quantitative estimate of drug-likeness (QED) is 0.516. The summed E-state index contributed by atoms with van der Waals surface area (Å²) < 4.78 is 1.74. The highest BCUT2D eigenvalue weighted by Gasteiger charge is 2.23. The molecule has 1 aliphatic heterocycles. The van der Waals surface area contributed by atoms with Gasteiger partial charge in [0.15, 0.2) is 5.82 Å². The zero-order valence-electron chi connectivity index (χ0n) is 17.5. The van der Waals surface area contributed by atoms with Crippen LogP contribution < -0.4 is 4.90 Å². The van der Waals surface area contributed by atoms with Crippen molar-refractivity contribution in [2.24, 2.45) is 0 Å². The molecule has 31 heavy (non-hydrogen) atoms. The third-order valence-electron chi connectivity index (χ3n) is 5.73. The molecule has 0 radical (unpaired) electrons. The van der Waals surface area contributed by atoms with E-state index in [0.29, 0.717) is 25.3 Å². The van der Waals surface area contributed by atoms with E-state index in [4.69, 9.17) is 0 Å². The summed E-state index contributed by atoms with van der Waals surface area (Å²) in [6.07, 6.45) is 4.03. The molecule has 0 spiro atoms. The third-order valence-corrected chi connectivity index (χ3v) is 5.73. The topological polar surface area (TPSA) is 67.2 Å². The Balaban J connectivity index is 1.27. The van der Waals surface area contributed by atoms with Crippen LogP contribution >= 0.6 is 0 Å². The first kappa shape index (κ1) is 19.2. The molecule has 0 unspecified atom stereocenters. The molecule has 0 saturated carbocycles. The molecule has 0 bridgehead atoms. The first-order valence-electron chi connectivity index (χ1n) is 10.5. The van der Waals surface area contributed by atoms with Gasteiger partial charge in [-0.2, -0.15) is 5.10 Å². The zero-order valence-corrected chi connectivity index (χ0v) is 17.5. The fourth-order valence-electron chi connectivity index (χ4n) is 4.13. The molecule has 0 N–H and O–H groups in total. The van der Waals surface area contributed by atoms with Gasteiger partial charge in [-0.1, -0.05) is 42.5 Å². The summed E-state index contributed by atoms with van der Waals surface area (Å²) in [6.45, 7) is 4.75. The van der Waals surface area contributed by atoms with Crippen molar-refractivity contribution in [1.29, 1.82) is 0 Å². The summed E-state index contributed by atoms with van der Waals surface area (Å²) in [4.78, 5) is 26.3. The number of hydrogen-bond donors (Lipinski definition) is 0. The molecule has 1 fully saturated rings. The predicted molar refractivity (Wildman–Crippen MR) is 120 cm³/mol. The van der Waals surface area contributed by atoms with Crippen LogP contribution in [-0.2, 0) is 11.2 Å². The van der Waals surface area contributed by atoms with Gasteiger partial charge in [-0.3, -0.25) is 4.79 Å². The molecule has 0 aliphatic carbocycles. The van der Waals surface area contributed by atoms with Crippen LogP contribution in [0.25, 0.3) is 16.6 Å². The number of rotatable bonds is 4. The van der Waals surface area contributed by atoms with Gasteiger partial charge in [-0.25, -0.2) is 14.6 Å². The predicted octanol–water partition coefficient (Wildman–Crippen LogP) is 3.02. The molecule has 2 aromatic carbocycles. The average molecular weight is 412 g/mol. The van der Waals surface area contributed by atoms with Crippen LogP contribution in [0, 0.1) is 6.92 Å². The lowest BCUT2D eigenvalue weighted by molar-refractivity contribution is -0.130. The molecular weight excluding hydrogens is 388 g/mol. The smallest absolute Gasteiger partial charge is 0.227 e. The molecule has 1 amide bonds. The van der Waals surface area contributed by atoms with Crippen LogP contribution in [0.3, 0.4) is 0 Å². The third kappa shape index (κ3) is 3.99. The molecular formula is C24H24N6O. The molecule has 1 aliphatic rings. The maximum atomic E-state index is 13.0. The Hall–Kier alpha value is -3.74. The Bertz CT molecular complexity index is 1210. The van der Waals surface area contributed by atoms with E-state index in [2.05, 4.69) is 44.2 Å². The average Bonchev–Trinajstić information content (AvgIpc) is 3.34. The number of anilines is 1. The van der Waals surface area contributed by atoms with Crippen LogP contribution in [0.5, 0.6) is 0 Å². The first-order chi connectivity index (χ1) is 15.2. The van der Waals surface area contributed by atoms with Crippen molar-refractivity contribution in [2.45, 2.75) is 13.3 Å².